The van der Waals surface area contributed by atoms with Gasteiger partial charge in [0.2, 0.25) is 0 Å². The lowest BCUT2D eigenvalue weighted by atomic mass is 10.1. The lowest BCUT2D eigenvalue weighted by Gasteiger charge is -2.02. The van der Waals surface area contributed by atoms with Crippen molar-refractivity contribution in [2.75, 3.05) is 5.73 Å². The molecule has 0 saturated carbocycles. The molecule has 3 heteroatoms. The molecule has 0 amide bonds. The number of anilines is 1. The Morgan fingerprint density at radius 3 is 2.85 bits per heavy atom. The van der Waals surface area contributed by atoms with E-state index in [-0.39, 0.29) is 0 Å². The molecule has 0 fully saturated rings. The fourth-order valence-electron chi connectivity index (χ4n) is 1.40. The number of nitrogens with zero attached hydrogens (tertiary/aromatic N) is 1. The van der Waals surface area contributed by atoms with Crippen molar-refractivity contribution in [1.29, 1.82) is 0 Å². The Kier molecular flexibility index (Phi) is 1.85. The van der Waals surface area contributed by atoms with E-state index in [0.29, 0.717) is 5.69 Å². The van der Waals surface area contributed by atoms with Crippen molar-refractivity contribution < 1.29 is 0 Å². The number of benzene rings is 1. The molecule has 0 aliphatic heterocycles. The van der Waals surface area contributed by atoms with Crippen LogP contribution in [-0.2, 0) is 0 Å². The van der Waals surface area contributed by atoms with E-state index in [1.54, 1.807) is 6.20 Å². The zero-order valence-electron chi connectivity index (χ0n) is 7.21. The number of aryl methyl sites for hydroxylation is 1. The second-order valence-electron chi connectivity index (χ2n) is 3.06. The number of fused-ring (bicyclic) bond motifs is 1. The van der Waals surface area contributed by atoms with Gasteiger partial charge in [-0.15, -0.1) is 0 Å². The molecule has 0 unspecified atom stereocenters. The van der Waals surface area contributed by atoms with Gasteiger partial charge in [-0.05, 0) is 30.7 Å². The number of rotatable bonds is 0. The van der Waals surface area contributed by atoms with Crippen molar-refractivity contribution in [3.8, 4) is 0 Å². The van der Waals surface area contributed by atoms with Gasteiger partial charge in [0, 0.05) is 10.4 Å². The van der Waals surface area contributed by atoms with Crippen LogP contribution in [0.1, 0.15) is 5.56 Å². The molecule has 0 bridgehead atoms. The molecule has 2 rings (SSSR count). The minimum Gasteiger partial charge on any atom is -0.397 e. The minimum atomic E-state index is 0.661. The van der Waals surface area contributed by atoms with E-state index >= 15 is 0 Å². The first kappa shape index (κ1) is 8.32. The number of hydrogen-bond acceptors (Lipinski definition) is 2. The maximum atomic E-state index is 5.91. The maximum Gasteiger partial charge on any atom is 0.0733 e. The van der Waals surface area contributed by atoms with Gasteiger partial charge in [0.15, 0.2) is 0 Å². The van der Waals surface area contributed by atoms with Gasteiger partial charge < -0.3 is 5.73 Å². The molecule has 2 nitrogen and oxygen atoms in total. The van der Waals surface area contributed by atoms with Crippen LogP contribution in [0.5, 0.6) is 0 Å². The third-order valence-electron chi connectivity index (χ3n) is 1.96. The largest absolute Gasteiger partial charge is 0.397 e. The molecule has 2 aromatic rings. The first-order chi connectivity index (χ1) is 6.16. The summed E-state index contributed by atoms with van der Waals surface area (Å²) in [6.07, 6.45) is 1.66. The summed E-state index contributed by atoms with van der Waals surface area (Å²) >= 11 is 5.91. The zero-order chi connectivity index (χ0) is 9.42. The summed E-state index contributed by atoms with van der Waals surface area (Å²) in [7, 11) is 0. The van der Waals surface area contributed by atoms with Gasteiger partial charge in [-0.1, -0.05) is 11.6 Å². The molecule has 1 aromatic carbocycles. The number of nitrogens with two attached hydrogens (primary N) is 1. The van der Waals surface area contributed by atoms with Crippen LogP contribution in [0.4, 0.5) is 5.69 Å². The molecule has 0 aliphatic rings. The Morgan fingerprint density at radius 2 is 2.08 bits per heavy atom. The van der Waals surface area contributed by atoms with Crippen molar-refractivity contribution in [1.82, 2.24) is 4.98 Å². The molecule has 1 aromatic heterocycles. The molecule has 2 N–H and O–H groups in total. The summed E-state index contributed by atoms with van der Waals surface area (Å²) in [4.78, 5) is 4.24. The van der Waals surface area contributed by atoms with Crippen LogP contribution in [0.2, 0.25) is 5.02 Å². The number of nitrogen functional groups attached to an aromatic ring is 1. The van der Waals surface area contributed by atoms with E-state index in [1.807, 2.05) is 25.1 Å². The summed E-state index contributed by atoms with van der Waals surface area (Å²) < 4.78 is 0. The van der Waals surface area contributed by atoms with Crippen molar-refractivity contribution in [2.24, 2.45) is 0 Å². The molecule has 66 valence electrons. The van der Waals surface area contributed by atoms with Crippen LogP contribution in [0.3, 0.4) is 0 Å². The van der Waals surface area contributed by atoms with Crippen LogP contribution >= 0.6 is 11.6 Å². The summed E-state index contributed by atoms with van der Waals surface area (Å²) in [5.41, 5.74) is 8.31. The highest BCUT2D eigenvalue weighted by molar-refractivity contribution is 6.31. The highest BCUT2D eigenvalue weighted by atomic mass is 35.5. The van der Waals surface area contributed by atoms with Crippen LogP contribution < -0.4 is 5.73 Å². The quantitative estimate of drug-likeness (QED) is 0.697. The normalized spacial score (nSPS) is 10.6. The van der Waals surface area contributed by atoms with Crippen molar-refractivity contribution >= 4 is 28.2 Å². The van der Waals surface area contributed by atoms with Crippen LogP contribution in [-0.4, -0.2) is 4.98 Å². The highest BCUT2D eigenvalue weighted by Crippen LogP contribution is 2.22. The van der Waals surface area contributed by atoms with Crippen molar-refractivity contribution in [3.05, 3.63) is 35.0 Å². The van der Waals surface area contributed by atoms with Gasteiger partial charge in [-0.2, -0.15) is 0 Å². The van der Waals surface area contributed by atoms with Gasteiger partial charge in [0.25, 0.3) is 0 Å². The fourth-order valence-corrected chi connectivity index (χ4v) is 1.68. The summed E-state index contributed by atoms with van der Waals surface area (Å²) in [6.45, 7) is 1.98. The van der Waals surface area contributed by atoms with E-state index in [1.165, 1.54) is 0 Å². The molecule has 0 aliphatic carbocycles. The predicted molar refractivity (Wildman–Crippen MR) is 55.9 cm³/mol. The Morgan fingerprint density at radius 1 is 1.31 bits per heavy atom. The smallest absolute Gasteiger partial charge is 0.0733 e. The second-order valence-corrected chi connectivity index (χ2v) is 3.50. The molecule has 13 heavy (non-hydrogen) atoms. The van der Waals surface area contributed by atoms with Crippen LogP contribution in [0, 0.1) is 6.92 Å². The lowest BCUT2D eigenvalue weighted by Crippen LogP contribution is -1.88. The standard InChI is InChI=1S/C10H9ClN2/c1-6-2-8(11)3-7-4-9(12)5-13-10(6)7/h2-5H,12H2,1H3. The Balaban J connectivity index is 2.86. The number of halogens is 1. The highest BCUT2D eigenvalue weighted by Gasteiger charge is 2.00. The predicted octanol–water partition coefficient (Wildman–Crippen LogP) is 2.78. The SMILES string of the molecule is Cc1cc(Cl)cc2cc(N)cnc12. The van der Waals surface area contributed by atoms with Gasteiger partial charge in [-0.25, -0.2) is 0 Å². The Hall–Kier alpha value is -1.28. The third-order valence-corrected chi connectivity index (χ3v) is 2.18. The average molecular weight is 193 g/mol. The molecule has 0 spiro atoms. The van der Waals surface area contributed by atoms with E-state index < -0.39 is 0 Å². The zero-order valence-corrected chi connectivity index (χ0v) is 7.97. The molecule has 0 atom stereocenters. The van der Waals surface area contributed by atoms with E-state index in [2.05, 4.69) is 4.98 Å². The average Bonchev–Trinajstić information content (AvgIpc) is 2.02. The lowest BCUT2D eigenvalue weighted by molar-refractivity contribution is 1.37. The first-order valence-corrected chi connectivity index (χ1v) is 4.36. The van der Waals surface area contributed by atoms with Gasteiger partial charge in [0.05, 0.1) is 17.4 Å². The topological polar surface area (TPSA) is 38.9 Å². The fraction of sp³-hybridized carbons (Fsp3) is 0.100. The summed E-state index contributed by atoms with van der Waals surface area (Å²) in [5, 5.41) is 1.71. The summed E-state index contributed by atoms with van der Waals surface area (Å²) in [5.74, 6) is 0. The summed E-state index contributed by atoms with van der Waals surface area (Å²) in [6, 6.07) is 5.64. The molecular weight excluding hydrogens is 184 g/mol. The molecule has 0 saturated heterocycles. The molecule has 0 radical (unpaired) electrons. The maximum absolute atomic E-state index is 5.91. The van der Waals surface area contributed by atoms with Gasteiger partial charge in [0.1, 0.15) is 0 Å². The van der Waals surface area contributed by atoms with E-state index in [0.717, 1.165) is 21.5 Å². The molecular formula is C10H9ClN2. The number of hydrogen-bond donors (Lipinski definition) is 1. The van der Waals surface area contributed by atoms with E-state index in [9.17, 15) is 0 Å². The third kappa shape index (κ3) is 1.45. The van der Waals surface area contributed by atoms with Crippen LogP contribution in [0.25, 0.3) is 10.9 Å². The van der Waals surface area contributed by atoms with E-state index in [4.69, 9.17) is 17.3 Å². The Bertz CT molecular complexity index is 460. The second kappa shape index (κ2) is 2.89. The number of aromatic nitrogens is 1. The first-order valence-electron chi connectivity index (χ1n) is 3.98. The van der Waals surface area contributed by atoms with Gasteiger partial charge in [-0.3, -0.25) is 4.98 Å². The number of pyridine rings is 1. The molecule has 1 heterocycles. The monoisotopic (exact) mass is 192 g/mol. The van der Waals surface area contributed by atoms with Crippen molar-refractivity contribution in [2.45, 2.75) is 6.92 Å². The van der Waals surface area contributed by atoms with Crippen LogP contribution in [0.15, 0.2) is 24.4 Å². The Labute approximate surface area is 81.3 Å². The van der Waals surface area contributed by atoms with Crippen molar-refractivity contribution in [3.63, 3.8) is 0 Å². The minimum absolute atomic E-state index is 0.661. The van der Waals surface area contributed by atoms with Gasteiger partial charge >= 0.3 is 0 Å².